The highest BCUT2D eigenvalue weighted by Crippen LogP contribution is 2.29. The van der Waals surface area contributed by atoms with Gasteiger partial charge in [-0.1, -0.05) is 37.3 Å². The van der Waals surface area contributed by atoms with E-state index in [2.05, 4.69) is 0 Å². The number of rotatable bonds is 4. The van der Waals surface area contributed by atoms with Crippen LogP contribution in [-0.2, 0) is 0 Å². The number of carboxylic acid groups (broad SMARTS) is 1. The summed E-state index contributed by atoms with van der Waals surface area (Å²) in [6.07, 6.45) is 0.843. The van der Waals surface area contributed by atoms with Crippen LogP contribution in [0.3, 0.4) is 0 Å². The first kappa shape index (κ1) is 12.4. The number of hydrogen-bond donors (Lipinski definition) is 1. The van der Waals surface area contributed by atoms with Gasteiger partial charge in [0.25, 0.3) is 0 Å². The number of aromatic carboxylic acids is 1. The molecule has 0 aliphatic carbocycles. The first-order valence-corrected chi connectivity index (χ1v) is 6.05. The van der Waals surface area contributed by atoms with Gasteiger partial charge in [-0.05, 0) is 30.2 Å². The largest absolute Gasteiger partial charge is 0.490 e. The maximum absolute atomic E-state index is 11.4. The van der Waals surface area contributed by atoms with Crippen molar-refractivity contribution in [2.75, 3.05) is 0 Å². The molecule has 0 aliphatic heterocycles. The summed E-state index contributed by atoms with van der Waals surface area (Å²) in [5, 5.41) is 11.0. The SMILES string of the molecule is CCC(C)Oc1ccc2ccccc2c1C(=O)O. The van der Waals surface area contributed by atoms with Gasteiger partial charge >= 0.3 is 5.97 Å². The second-order valence-corrected chi connectivity index (χ2v) is 4.30. The number of ether oxygens (including phenoxy) is 1. The Kier molecular flexibility index (Phi) is 3.51. The summed E-state index contributed by atoms with van der Waals surface area (Å²) in [7, 11) is 0. The molecule has 0 aliphatic rings. The zero-order valence-electron chi connectivity index (χ0n) is 10.5. The van der Waals surface area contributed by atoms with Gasteiger partial charge < -0.3 is 9.84 Å². The third kappa shape index (κ3) is 2.30. The maximum atomic E-state index is 11.4. The highest BCUT2D eigenvalue weighted by Gasteiger charge is 2.16. The molecule has 1 atom stereocenters. The summed E-state index contributed by atoms with van der Waals surface area (Å²) in [5.41, 5.74) is 0.244. The van der Waals surface area contributed by atoms with E-state index in [1.807, 2.05) is 44.2 Å². The predicted octanol–water partition coefficient (Wildman–Crippen LogP) is 3.72. The molecule has 2 aromatic carbocycles. The summed E-state index contributed by atoms with van der Waals surface area (Å²) in [5.74, 6) is -0.513. The highest BCUT2D eigenvalue weighted by molar-refractivity contribution is 6.06. The van der Waals surface area contributed by atoms with Gasteiger partial charge in [-0.2, -0.15) is 0 Å². The summed E-state index contributed by atoms with van der Waals surface area (Å²) in [6, 6.07) is 11.1. The van der Waals surface area contributed by atoms with Crippen LogP contribution in [0.25, 0.3) is 10.8 Å². The Balaban J connectivity index is 2.59. The molecule has 0 aromatic heterocycles. The van der Waals surface area contributed by atoms with Gasteiger partial charge in [0.1, 0.15) is 11.3 Å². The summed E-state index contributed by atoms with van der Waals surface area (Å²) in [6.45, 7) is 3.94. The van der Waals surface area contributed by atoms with E-state index >= 15 is 0 Å². The van der Waals surface area contributed by atoms with E-state index in [1.165, 1.54) is 0 Å². The molecule has 1 unspecified atom stereocenters. The Morgan fingerprint density at radius 2 is 2.00 bits per heavy atom. The third-order valence-electron chi connectivity index (χ3n) is 3.01. The fourth-order valence-corrected chi connectivity index (χ4v) is 1.87. The Labute approximate surface area is 106 Å². The van der Waals surface area contributed by atoms with Crippen LogP contribution >= 0.6 is 0 Å². The molecule has 3 heteroatoms. The van der Waals surface area contributed by atoms with Crippen molar-refractivity contribution in [2.45, 2.75) is 26.4 Å². The molecular formula is C15H16O3. The van der Waals surface area contributed by atoms with Crippen molar-refractivity contribution in [1.29, 1.82) is 0 Å². The summed E-state index contributed by atoms with van der Waals surface area (Å²) >= 11 is 0. The lowest BCUT2D eigenvalue weighted by Gasteiger charge is -2.15. The van der Waals surface area contributed by atoms with Gasteiger partial charge in [0.2, 0.25) is 0 Å². The molecule has 0 spiro atoms. The minimum absolute atomic E-state index is 0.00395. The molecule has 2 rings (SSSR count). The van der Waals surface area contributed by atoms with E-state index < -0.39 is 5.97 Å². The molecule has 2 aromatic rings. The molecule has 1 N–H and O–H groups in total. The van der Waals surface area contributed by atoms with Crippen molar-refractivity contribution >= 4 is 16.7 Å². The fraction of sp³-hybridized carbons (Fsp3) is 0.267. The van der Waals surface area contributed by atoms with Crippen molar-refractivity contribution in [1.82, 2.24) is 0 Å². The molecule has 0 heterocycles. The Morgan fingerprint density at radius 1 is 1.28 bits per heavy atom. The standard InChI is InChI=1S/C15H16O3/c1-3-10(2)18-13-9-8-11-6-4-5-7-12(11)14(13)15(16)17/h4-10H,3H2,1-2H3,(H,16,17). The third-order valence-corrected chi connectivity index (χ3v) is 3.01. The second kappa shape index (κ2) is 5.08. The van der Waals surface area contributed by atoms with E-state index in [1.54, 1.807) is 6.07 Å². The van der Waals surface area contributed by atoms with Crippen molar-refractivity contribution in [2.24, 2.45) is 0 Å². The van der Waals surface area contributed by atoms with E-state index in [9.17, 15) is 9.90 Å². The average Bonchev–Trinajstić information content (AvgIpc) is 2.37. The quantitative estimate of drug-likeness (QED) is 0.891. The lowest BCUT2D eigenvalue weighted by molar-refractivity contribution is 0.0692. The van der Waals surface area contributed by atoms with Gasteiger partial charge in [0, 0.05) is 0 Å². The maximum Gasteiger partial charge on any atom is 0.340 e. The van der Waals surface area contributed by atoms with Crippen LogP contribution in [0.5, 0.6) is 5.75 Å². The minimum atomic E-state index is -0.954. The molecule has 0 saturated heterocycles. The van der Waals surface area contributed by atoms with Crippen LogP contribution in [0, 0.1) is 0 Å². The lowest BCUT2D eigenvalue weighted by Crippen LogP contribution is -2.13. The highest BCUT2D eigenvalue weighted by atomic mass is 16.5. The number of carbonyl (C=O) groups is 1. The van der Waals surface area contributed by atoms with Crippen LogP contribution in [0.2, 0.25) is 0 Å². The molecular weight excluding hydrogens is 228 g/mol. The molecule has 0 amide bonds. The van der Waals surface area contributed by atoms with Gasteiger partial charge in [0.05, 0.1) is 6.10 Å². The molecule has 0 bridgehead atoms. The van der Waals surface area contributed by atoms with Crippen molar-refractivity contribution in [3.8, 4) is 5.75 Å². The Bertz CT molecular complexity index is 575. The van der Waals surface area contributed by atoms with Gasteiger partial charge in [0.15, 0.2) is 0 Å². The lowest BCUT2D eigenvalue weighted by atomic mass is 10.0. The molecule has 94 valence electrons. The number of carboxylic acids is 1. The molecule has 0 radical (unpaired) electrons. The summed E-state index contributed by atoms with van der Waals surface area (Å²) in [4.78, 5) is 11.4. The van der Waals surface area contributed by atoms with Crippen LogP contribution < -0.4 is 4.74 Å². The zero-order chi connectivity index (χ0) is 13.1. The number of benzene rings is 2. The normalized spacial score (nSPS) is 12.3. The Morgan fingerprint density at radius 3 is 2.67 bits per heavy atom. The van der Waals surface area contributed by atoms with Crippen LogP contribution in [0.15, 0.2) is 36.4 Å². The minimum Gasteiger partial charge on any atom is -0.490 e. The van der Waals surface area contributed by atoms with Crippen LogP contribution in [0.1, 0.15) is 30.6 Å². The van der Waals surface area contributed by atoms with Crippen molar-refractivity contribution < 1.29 is 14.6 Å². The molecule has 3 nitrogen and oxygen atoms in total. The van der Waals surface area contributed by atoms with Crippen LogP contribution in [0.4, 0.5) is 0 Å². The summed E-state index contributed by atoms with van der Waals surface area (Å²) < 4.78 is 5.68. The zero-order valence-corrected chi connectivity index (χ0v) is 10.5. The van der Waals surface area contributed by atoms with Gasteiger partial charge in [-0.3, -0.25) is 0 Å². The second-order valence-electron chi connectivity index (χ2n) is 4.30. The van der Waals surface area contributed by atoms with Crippen molar-refractivity contribution in [3.05, 3.63) is 42.0 Å². The number of hydrogen-bond acceptors (Lipinski definition) is 2. The first-order chi connectivity index (χ1) is 8.63. The smallest absolute Gasteiger partial charge is 0.340 e. The van der Waals surface area contributed by atoms with Gasteiger partial charge in [-0.15, -0.1) is 0 Å². The predicted molar refractivity (Wildman–Crippen MR) is 71.3 cm³/mol. The van der Waals surface area contributed by atoms with Gasteiger partial charge in [-0.25, -0.2) is 4.79 Å². The van der Waals surface area contributed by atoms with E-state index in [0.717, 1.165) is 11.8 Å². The Hall–Kier alpha value is -2.03. The van der Waals surface area contributed by atoms with E-state index in [4.69, 9.17) is 4.74 Å². The molecule has 0 fully saturated rings. The average molecular weight is 244 g/mol. The number of fused-ring (bicyclic) bond motifs is 1. The monoisotopic (exact) mass is 244 g/mol. The van der Waals surface area contributed by atoms with Crippen LogP contribution in [-0.4, -0.2) is 17.2 Å². The molecule has 0 saturated carbocycles. The van der Waals surface area contributed by atoms with E-state index in [-0.39, 0.29) is 11.7 Å². The molecule has 18 heavy (non-hydrogen) atoms. The topological polar surface area (TPSA) is 46.5 Å². The first-order valence-electron chi connectivity index (χ1n) is 6.05. The van der Waals surface area contributed by atoms with Crippen molar-refractivity contribution in [3.63, 3.8) is 0 Å². The fourth-order valence-electron chi connectivity index (χ4n) is 1.87. The van der Waals surface area contributed by atoms with E-state index in [0.29, 0.717) is 11.1 Å².